The number of ether oxygens (including phenoxy) is 2. The predicted octanol–water partition coefficient (Wildman–Crippen LogP) is 1.68. The van der Waals surface area contributed by atoms with Crippen molar-refractivity contribution in [3.63, 3.8) is 0 Å². The molecule has 0 unspecified atom stereocenters. The molecule has 0 aliphatic carbocycles. The standard InChI is InChI=1S/C11H13NO2/c1-13-10-5-8-3-4-12-7-9(8)6-11(10)14-2/h5-7H,3-4H2,1-2H3. The molecule has 1 aliphatic rings. The Labute approximate surface area is 83.4 Å². The maximum Gasteiger partial charge on any atom is 0.161 e. The summed E-state index contributed by atoms with van der Waals surface area (Å²) in [5, 5.41) is 0. The lowest BCUT2D eigenvalue weighted by molar-refractivity contribution is 0.354. The van der Waals surface area contributed by atoms with Gasteiger partial charge >= 0.3 is 0 Å². The summed E-state index contributed by atoms with van der Waals surface area (Å²) in [6.07, 6.45) is 2.87. The maximum absolute atomic E-state index is 5.23. The molecule has 0 aromatic heterocycles. The van der Waals surface area contributed by atoms with E-state index in [0.717, 1.165) is 30.0 Å². The van der Waals surface area contributed by atoms with E-state index in [4.69, 9.17) is 9.47 Å². The van der Waals surface area contributed by atoms with Crippen LogP contribution in [0.5, 0.6) is 11.5 Å². The van der Waals surface area contributed by atoms with Gasteiger partial charge in [-0.15, -0.1) is 0 Å². The van der Waals surface area contributed by atoms with Crippen molar-refractivity contribution < 1.29 is 9.47 Å². The summed E-state index contributed by atoms with van der Waals surface area (Å²) in [5.74, 6) is 1.56. The number of benzene rings is 1. The topological polar surface area (TPSA) is 30.8 Å². The largest absolute Gasteiger partial charge is 0.493 e. The number of fused-ring (bicyclic) bond motifs is 1. The lowest BCUT2D eigenvalue weighted by Gasteiger charge is -2.14. The van der Waals surface area contributed by atoms with Crippen molar-refractivity contribution in [3.05, 3.63) is 23.3 Å². The first-order chi connectivity index (χ1) is 6.85. The molecule has 0 fully saturated rings. The van der Waals surface area contributed by atoms with E-state index in [-0.39, 0.29) is 0 Å². The van der Waals surface area contributed by atoms with Gasteiger partial charge in [0.25, 0.3) is 0 Å². The number of rotatable bonds is 2. The Morgan fingerprint density at radius 3 is 2.57 bits per heavy atom. The quantitative estimate of drug-likeness (QED) is 0.712. The van der Waals surface area contributed by atoms with Crippen LogP contribution in [-0.4, -0.2) is 27.0 Å². The molecule has 0 spiro atoms. The molecule has 1 aromatic carbocycles. The Hall–Kier alpha value is -1.51. The molecule has 1 aromatic rings. The van der Waals surface area contributed by atoms with Crippen LogP contribution in [0, 0.1) is 0 Å². The van der Waals surface area contributed by atoms with Crippen LogP contribution in [0.3, 0.4) is 0 Å². The molecular weight excluding hydrogens is 178 g/mol. The highest BCUT2D eigenvalue weighted by molar-refractivity contribution is 5.84. The van der Waals surface area contributed by atoms with E-state index in [1.165, 1.54) is 5.56 Å². The second-order valence-electron chi connectivity index (χ2n) is 3.19. The van der Waals surface area contributed by atoms with Gasteiger partial charge in [0, 0.05) is 12.8 Å². The van der Waals surface area contributed by atoms with Crippen LogP contribution in [0.25, 0.3) is 0 Å². The zero-order chi connectivity index (χ0) is 9.97. The second-order valence-corrected chi connectivity index (χ2v) is 3.19. The van der Waals surface area contributed by atoms with E-state index < -0.39 is 0 Å². The van der Waals surface area contributed by atoms with Gasteiger partial charge in [-0.1, -0.05) is 0 Å². The monoisotopic (exact) mass is 191 g/mol. The zero-order valence-electron chi connectivity index (χ0n) is 8.41. The van der Waals surface area contributed by atoms with Crippen molar-refractivity contribution in [2.45, 2.75) is 6.42 Å². The Bertz CT molecular complexity index is 372. The van der Waals surface area contributed by atoms with Crippen molar-refractivity contribution in [1.82, 2.24) is 0 Å². The summed E-state index contributed by atoms with van der Waals surface area (Å²) in [7, 11) is 3.30. The Kier molecular flexibility index (Phi) is 2.39. The highest BCUT2D eigenvalue weighted by Crippen LogP contribution is 2.30. The van der Waals surface area contributed by atoms with Crippen molar-refractivity contribution in [2.75, 3.05) is 20.8 Å². The molecule has 2 rings (SSSR count). The van der Waals surface area contributed by atoms with Gasteiger partial charge in [-0.25, -0.2) is 0 Å². The summed E-state index contributed by atoms with van der Waals surface area (Å²) in [6, 6.07) is 4.00. The molecule has 0 radical (unpaired) electrons. The van der Waals surface area contributed by atoms with E-state index in [1.807, 2.05) is 18.3 Å². The van der Waals surface area contributed by atoms with Gasteiger partial charge in [0.2, 0.25) is 0 Å². The minimum absolute atomic E-state index is 0.764. The fourth-order valence-electron chi connectivity index (χ4n) is 1.62. The molecule has 1 aliphatic heterocycles. The molecule has 0 saturated heterocycles. The molecular formula is C11H13NO2. The number of aliphatic imine (C=N–C) groups is 1. The van der Waals surface area contributed by atoms with E-state index in [0.29, 0.717) is 0 Å². The lowest BCUT2D eigenvalue weighted by atomic mass is 10.0. The van der Waals surface area contributed by atoms with Gasteiger partial charge in [-0.2, -0.15) is 0 Å². The average molecular weight is 191 g/mol. The summed E-state index contributed by atoms with van der Waals surface area (Å²) >= 11 is 0. The third-order valence-electron chi connectivity index (χ3n) is 2.39. The third kappa shape index (κ3) is 1.45. The molecule has 3 heteroatoms. The fourth-order valence-corrected chi connectivity index (χ4v) is 1.62. The molecule has 3 nitrogen and oxygen atoms in total. The minimum Gasteiger partial charge on any atom is -0.493 e. The molecule has 0 N–H and O–H groups in total. The molecule has 0 amide bonds. The first kappa shape index (κ1) is 9.06. The fraction of sp³-hybridized carbons (Fsp3) is 0.364. The zero-order valence-corrected chi connectivity index (χ0v) is 8.41. The van der Waals surface area contributed by atoms with E-state index >= 15 is 0 Å². The maximum atomic E-state index is 5.23. The lowest BCUT2D eigenvalue weighted by Crippen LogP contribution is -2.04. The SMILES string of the molecule is COc1cc2c(cc1OC)CCN=C2. The highest BCUT2D eigenvalue weighted by Gasteiger charge is 2.11. The first-order valence-corrected chi connectivity index (χ1v) is 4.60. The van der Waals surface area contributed by atoms with E-state index in [2.05, 4.69) is 4.99 Å². The molecule has 0 bridgehead atoms. The van der Waals surface area contributed by atoms with Crippen LogP contribution >= 0.6 is 0 Å². The van der Waals surface area contributed by atoms with Gasteiger partial charge in [-0.05, 0) is 29.7 Å². The normalized spacial score (nSPS) is 13.6. The van der Waals surface area contributed by atoms with Crippen LogP contribution in [0.1, 0.15) is 11.1 Å². The van der Waals surface area contributed by atoms with Crippen molar-refractivity contribution in [3.8, 4) is 11.5 Å². The van der Waals surface area contributed by atoms with Gasteiger partial charge in [0.1, 0.15) is 0 Å². The van der Waals surface area contributed by atoms with Crippen molar-refractivity contribution >= 4 is 6.21 Å². The van der Waals surface area contributed by atoms with E-state index in [1.54, 1.807) is 14.2 Å². The van der Waals surface area contributed by atoms with Crippen LogP contribution in [-0.2, 0) is 6.42 Å². The molecule has 1 heterocycles. The van der Waals surface area contributed by atoms with Gasteiger partial charge < -0.3 is 9.47 Å². The summed E-state index contributed by atoms with van der Waals surface area (Å²) in [6.45, 7) is 0.864. The van der Waals surface area contributed by atoms with Gasteiger partial charge in [0.05, 0.1) is 14.2 Å². The van der Waals surface area contributed by atoms with Gasteiger partial charge in [-0.3, -0.25) is 4.99 Å². The van der Waals surface area contributed by atoms with Crippen LogP contribution in [0.4, 0.5) is 0 Å². The van der Waals surface area contributed by atoms with Crippen LogP contribution < -0.4 is 9.47 Å². The van der Waals surface area contributed by atoms with Gasteiger partial charge in [0.15, 0.2) is 11.5 Å². The molecule has 0 saturated carbocycles. The van der Waals surface area contributed by atoms with Crippen molar-refractivity contribution in [2.24, 2.45) is 4.99 Å². The first-order valence-electron chi connectivity index (χ1n) is 4.60. The van der Waals surface area contributed by atoms with Crippen LogP contribution in [0.2, 0.25) is 0 Å². The highest BCUT2D eigenvalue weighted by atomic mass is 16.5. The van der Waals surface area contributed by atoms with Crippen molar-refractivity contribution in [1.29, 1.82) is 0 Å². The molecule has 0 atom stereocenters. The third-order valence-corrected chi connectivity index (χ3v) is 2.39. The minimum atomic E-state index is 0.764. The van der Waals surface area contributed by atoms with E-state index in [9.17, 15) is 0 Å². The number of hydrogen-bond acceptors (Lipinski definition) is 3. The number of methoxy groups -OCH3 is 2. The number of hydrogen-bond donors (Lipinski definition) is 0. The van der Waals surface area contributed by atoms with Crippen LogP contribution in [0.15, 0.2) is 17.1 Å². The second kappa shape index (κ2) is 3.70. The average Bonchev–Trinajstić information content (AvgIpc) is 2.27. The summed E-state index contributed by atoms with van der Waals surface area (Å²) in [5.41, 5.74) is 2.41. The number of nitrogens with zero attached hydrogens (tertiary/aromatic N) is 1. The summed E-state index contributed by atoms with van der Waals surface area (Å²) in [4.78, 5) is 4.23. The molecule has 74 valence electrons. The smallest absolute Gasteiger partial charge is 0.161 e. The Morgan fingerprint density at radius 2 is 1.86 bits per heavy atom. The Balaban J connectivity index is 2.50. The predicted molar refractivity (Wildman–Crippen MR) is 55.7 cm³/mol. The summed E-state index contributed by atoms with van der Waals surface area (Å²) < 4.78 is 10.4. The Morgan fingerprint density at radius 1 is 1.14 bits per heavy atom. The molecule has 14 heavy (non-hydrogen) atoms.